The van der Waals surface area contributed by atoms with E-state index in [1.807, 2.05) is 0 Å². The Morgan fingerprint density at radius 1 is 0.955 bits per heavy atom. The van der Waals surface area contributed by atoms with E-state index in [1.165, 1.54) is 6.42 Å². The molecule has 0 aliphatic heterocycles. The molecule has 4 heteroatoms. The van der Waals surface area contributed by atoms with E-state index in [1.54, 1.807) is 16.7 Å². The van der Waals surface area contributed by atoms with Crippen molar-refractivity contribution in [3.8, 4) is 0 Å². The van der Waals surface area contributed by atoms with E-state index in [-0.39, 0.29) is 28.5 Å². The van der Waals surface area contributed by atoms with Gasteiger partial charge in [-0.25, -0.2) is 0 Å². The second-order valence-corrected chi connectivity index (χ2v) is 8.72. The van der Waals surface area contributed by atoms with E-state index in [0.29, 0.717) is 17.8 Å². The van der Waals surface area contributed by atoms with Crippen molar-refractivity contribution in [3.63, 3.8) is 0 Å². The molecular formula is C18H32Cl2NTi. The maximum atomic E-state index is 2.53. The second kappa shape index (κ2) is 9.89. The minimum atomic E-state index is 0. The molecule has 1 nitrogen and oxygen atoms in total. The summed E-state index contributed by atoms with van der Waals surface area (Å²) in [5.74, 6) is 1.89. The van der Waals surface area contributed by atoms with Gasteiger partial charge in [-0.2, -0.15) is 0 Å². The molecule has 127 valence electrons. The number of nitrogens with zero attached hydrogens (tertiary/aromatic N) is 1. The number of hydrogen-bond donors (Lipinski definition) is 0. The molecule has 0 saturated carbocycles. The molecule has 22 heavy (non-hydrogen) atoms. The summed E-state index contributed by atoms with van der Waals surface area (Å²) in [4.78, 5) is 2.31. The third kappa shape index (κ3) is 5.38. The summed E-state index contributed by atoms with van der Waals surface area (Å²) in [7, 11) is 4.36. The topological polar surface area (TPSA) is 3.24 Å². The van der Waals surface area contributed by atoms with E-state index in [4.69, 9.17) is 0 Å². The van der Waals surface area contributed by atoms with Crippen molar-refractivity contribution in [1.82, 2.24) is 4.90 Å². The van der Waals surface area contributed by atoms with Crippen molar-refractivity contribution < 1.29 is 45.2 Å². The Balaban J connectivity index is 0. The predicted molar refractivity (Wildman–Crippen MR) is 85.5 cm³/mol. The van der Waals surface area contributed by atoms with Crippen molar-refractivity contribution in [2.75, 3.05) is 20.6 Å². The summed E-state index contributed by atoms with van der Waals surface area (Å²) in [6, 6.07) is 0. The van der Waals surface area contributed by atoms with E-state index in [0.717, 1.165) is 6.54 Å². The smallest absolute Gasteiger partial charge is 1.00 e. The molecule has 0 N–H and O–H groups in total. The van der Waals surface area contributed by atoms with Gasteiger partial charge in [0.2, 0.25) is 0 Å². The Morgan fingerprint density at radius 3 is 1.77 bits per heavy atom. The number of allylic oxidation sites excluding steroid dienone is 4. The van der Waals surface area contributed by atoms with Crippen molar-refractivity contribution in [2.24, 2.45) is 17.8 Å². The van der Waals surface area contributed by atoms with Gasteiger partial charge in [0.1, 0.15) is 0 Å². The average molecular weight is 381 g/mol. The maximum Gasteiger partial charge on any atom is -1.00 e. The Morgan fingerprint density at radius 2 is 1.45 bits per heavy atom. The number of halogens is 2. The molecule has 1 atom stereocenters. The molecule has 0 aromatic carbocycles. The van der Waals surface area contributed by atoms with Crippen LogP contribution in [0.1, 0.15) is 48.0 Å². The first-order chi connectivity index (χ1) is 9.11. The average Bonchev–Trinajstić information content (AvgIpc) is 2.61. The standard InChI is InChI=1S/C18H32N.2ClH.Ti/c1-12(2)16-11-17(13(3)4)18(14(5)6)15(16)9-10-19(7)8;;;/h11-14H,9-10H2,1-8H3;2*1H;/q;;;+2/p-2. The molecule has 0 spiro atoms. The van der Waals surface area contributed by atoms with Crippen LogP contribution in [0.25, 0.3) is 0 Å². The molecule has 0 aromatic heterocycles. The molecule has 1 rings (SSSR count). The third-order valence-electron chi connectivity index (χ3n) is 4.33. The van der Waals surface area contributed by atoms with Crippen LogP contribution in [-0.4, -0.2) is 25.5 Å². The van der Waals surface area contributed by atoms with Crippen molar-refractivity contribution >= 4 is 0 Å². The van der Waals surface area contributed by atoms with Gasteiger partial charge < -0.3 is 24.8 Å². The number of hydrogen-bond acceptors (Lipinski definition) is 1. The van der Waals surface area contributed by atoms with Crippen LogP contribution in [0.2, 0.25) is 3.72 Å². The summed E-state index contributed by atoms with van der Waals surface area (Å²) < 4.78 is 0.256. The molecule has 0 amide bonds. The minimum absolute atomic E-state index is 0. The molecule has 0 heterocycles. The molecule has 0 bridgehead atoms. The molecule has 1 aliphatic rings. The van der Waals surface area contributed by atoms with Crippen LogP contribution in [-0.2, 0) is 20.4 Å². The van der Waals surface area contributed by atoms with Crippen LogP contribution in [0, 0.1) is 17.8 Å². The fourth-order valence-corrected chi connectivity index (χ4v) is 4.82. The van der Waals surface area contributed by atoms with Crippen molar-refractivity contribution in [2.45, 2.75) is 51.7 Å². The van der Waals surface area contributed by atoms with E-state index >= 15 is 0 Å². The van der Waals surface area contributed by atoms with Gasteiger partial charge in [0.05, 0.1) is 0 Å². The van der Waals surface area contributed by atoms with Gasteiger partial charge in [-0.05, 0) is 0 Å². The van der Waals surface area contributed by atoms with Gasteiger partial charge in [0.15, 0.2) is 0 Å². The van der Waals surface area contributed by atoms with E-state index in [9.17, 15) is 0 Å². The Labute approximate surface area is 162 Å². The SMILES string of the molecule is CC(C)C1=CC(C(C)C)=C(C(C)C)[C]1([Ti+2])CCN(C)C.[Cl-].[Cl-]. The summed E-state index contributed by atoms with van der Waals surface area (Å²) in [5.41, 5.74) is 4.94. The summed E-state index contributed by atoms with van der Waals surface area (Å²) in [6.07, 6.45) is 3.76. The molecule has 1 aliphatic carbocycles. The summed E-state index contributed by atoms with van der Waals surface area (Å²) >= 11 is 2.48. The third-order valence-corrected chi connectivity index (χ3v) is 5.59. The predicted octanol–water partition coefficient (Wildman–Crippen LogP) is -1.14. The van der Waals surface area contributed by atoms with Crippen molar-refractivity contribution in [3.05, 3.63) is 22.8 Å². The summed E-state index contributed by atoms with van der Waals surface area (Å²) in [6.45, 7) is 15.3. The molecule has 0 aromatic rings. The monoisotopic (exact) mass is 380 g/mol. The van der Waals surface area contributed by atoms with E-state index in [2.05, 4.69) is 87.0 Å². The zero-order valence-electron chi connectivity index (χ0n) is 15.4. The van der Waals surface area contributed by atoms with Gasteiger partial charge in [-0.1, -0.05) is 0 Å². The largest absolute Gasteiger partial charge is 1.00 e. The van der Waals surface area contributed by atoms with Gasteiger partial charge in [-0.15, -0.1) is 0 Å². The first kappa shape index (κ1) is 25.0. The Kier molecular flexibility index (Phi) is 11.2. The zero-order chi connectivity index (χ0) is 15.7. The first-order valence-corrected chi connectivity index (χ1v) is 8.75. The van der Waals surface area contributed by atoms with Gasteiger partial charge in [-0.3, -0.25) is 0 Å². The van der Waals surface area contributed by atoms with Crippen LogP contribution in [0.15, 0.2) is 22.8 Å². The number of rotatable bonds is 6. The van der Waals surface area contributed by atoms with Crippen LogP contribution in [0.5, 0.6) is 0 Å². The van der Waals surface area contributed by atoms with Crippen LogP contribution in [0.3, 0.4) is 0 Å². The quantitative estimate of drug-likeness (QED) is 0.526. The van der Waals surface area contributed by atoms with Crippen molar-refractivity contribution in [1.29, 1.82) is 0 Å². The minimum Gasteiger partial charge on any atom is -1.00 e. The molecular weight excluding hydrogens is 349 g/mol. The van der Waals surface area contributed by atoms with E-state index < -0.39 is 0 Å². The fourth-order valence-electron chi connectivity index (χ4n) is 3.40. The van der Waals surface area contributed by atoms with Gasteiger partial charge in [0, 0.05) is 0 Å². The van der Waals surface area contributed by atoms with Gasteiger partial charge in [0.25, 0.3) is 0 Å². The zero-order valence-corrected chi connectivity index (χ0v) is 18.5. The molecule has 0 radical (unpaired) electrons. The van der Waals surface area contributed by atoms with Gasteiger partial charge >= 0.3 is 138 Å². The van der Waals surface area contributed by atoms with Crippen LogP contribution < -0.4 is 24.8 Å². The molecule has 0 fully saturated rings. The fraction of sp³-hybridized carbons (Fsp3) is 0.778. The second-order valence-electron chi connectivity index (χ2n) is 7.39. The molecule has 0 saturated heterocycles. The molecule has 1 unspecified atom stereocenters. The Bertz CT molecular complexity index is 411. The van der Waals surface area contributed by atoms with Crippen LogP contribution in [0.4, 0.5) is 0 Å². The van der Waals surface area contributed by atoms with Crippen LogP contribution >= 0.6 is 0 Å². The first-order valence-electron chi connectivity index (χ1n) is 7.97. The maximum absolute atomic E-state index is 2.53. The summed E-state index contributed by atoms with van der Waals surface area (Å²) in [5, 5.41) is 0. The normalized spacial score (nSPS) is 21.6. The Hall–Kier alpha value is 0.734.